The number of carbonyl (C=O) groups is 3. The molecule has 2 fully saturated rings. The largest absolute Gasteiger partial charge is 0.496 e. The highest BCUT2D eigenvalue weighted by atomic mass is 16.5. The summed E-state index contributed by atoms with van der Waals surface area (Å²) >= 11 is 0. The van der Waals surface area contributed by atoms with Gasteiger partial charge in [-0.2, -0.15) is 5.10 Å². The van der Waals surface area contributed by atoms with Gasteiger partial charge in [0.2, 0.25) is 11.8 Å². The highest BCUT2D eigenvalue weighted by Crippen LogP contribution is 2.43. The number of aryl methyl sites for hydroxylation is 4. The Labute approximate surface area is 363 Å². The van der Waals surface area contributed by atoms with Crippen molar-refractivity contribution in [2.75, 3.05) is 45.4 Å². The minimum absolute atomic E-state index is 0.176. The number of nitrogens with one attached hydrogen (secondary N) is 4. The van der Waals surface area contributed by atoms with Gasteiger partial charge in [0.25, 0.3) is 5.91 Å². The van der Waals surface area contributed by atoms with Crippen LogP contribution in [-0.4, -0.2) is 104 Å². The van der Waals surface area contributed by atoms with Crippen molar-refractivity contribution in [3.05, 3.63) is 76.1 Å². The lowest BCUT2D eigenvalue weighted by Crippen LogP contribution is -2.52. The number of nitrogens with zero attached hydrogens (tertiary/aromatic N) is 6. The summed E-state index contributed by atoms with van der Waals surface area (Å²) in [6.45, 7) is 8.76. The SMILES string of the molecule is CCn1nc(C2CC2)cc1Nc1nc(C(O)NCCOCCOCCCc2cccc3c2CN(C2CCC(=O)NC2=O)C3=O)nc2[nH]c3cc(-c4c(C)noc4C)c(OC)cc3c12. The number of piperidine rings is 1. The van der Waals surface area contributed by atoms with Crippen LogP contribution in [0.2, 0.25) is 0 Å². The molecule has 2 aromatic carbocycles. The van der Waals surface area contributed by atoms with Gasteiger partial charge in [0.1, 0.15) is 34.8 Å². The van der Waals surface area contributed by atoms with Crippen molar-refractivity contribution in [2.45, 2.75) is 90.6 Å². The first kappa shape index (κ1) is 42.1. The zero-order chi connectivity index (χ0) is 43.8. The van der Waals surface area contributed by atoms with E-state index in [0.29, 0.717) is 93.4 Å². The number of hydrogen-bond acceptors (Lipinski definition) is 14. The lowest BCUT2D eigenvalue weighted by Gasteiger charge is -2.29. The molecule has 2 atom stereocenters. The summed E-state index contributed by atoms with van der Waals surface area (Å²) in [5.41, 5.74) is 7.42. The fourth-order valence-corrected chi connectivity index (χ4v) is 8.69. The molecule has 0 radical (unpaired) electrons. The second kappa shape index (κ2) is 17.9. The molecule has 6 heterocycles. The number of carbonyl (C=O) groups excluding carboxylic acids is 3. The van der Waals surface area contributed by atoms with E-state index in [0.717, 1.165) is 75.0 Å². The van der Waals surface area contributed by atoms with Crippen LogP contribution in [0.4, 0.5) is 11.6 Å². The van der Waals surface area contributed by atoms with Crippen LogP contribution in [0.5, 0.6) is 5.75 Å². The van der Waals surface area contributed by atoms with Gasteiger partial charge in [-0.25, -0.2) is 14.6 Å². The molecule has 1 aliphatic carbocycles. The van der Waals surface area contributed by atoms with Crippen molar-refractivity contribution in [2.24, 2.45) is 0 Å². The molecule has 330 valence electrons. The van der Waals surface area contributed by atoms with E-state index in [1.165, 1.54) is 0 Å². The Morgan fingerprint density at radius 3 is 2.59 bits per heavy atom. The van der Waals surface area contributed by atoms with Gasteiger partial charge in [-0.3, -0.25) is 25.0 Å². The third-order valence-corrected chi connectivity index (χ3v) is 12.0. The number of H-pyrrole nitrogens is 1. The van der Waals surface area contributed by atoms with Crippen LogP contribution in [-0.2, 0) is 38.6 Å². The summed E-state index contributed by atoms with van der Waals surface area (Å²) in [7, 11) is 1.63. The van der Waals surface area contributed by atoms with Crippen molar-refractivity contribution < 1.29 is 38.2 Å². The number of fused-ring (bicyclic) bond motifs is 4. The molecular formula is C45H52N10O8. The summed E-state index contributed by atoms with van der Waals surface area (Å²) in [5.74, 6) is 2.39. The van der Waals surface area contributed by atoms with Crippen LogP contribution in [0.3, 0.4) is 0 Å². The average Bonchev–Trinajstić information content (AvgIpc) is 3.65. The molecule has 2 aliphatic heterocycles. The molecule has 5 N–H and O–H groups in total. The van der Waals surface area contributed by atoms with Gasteiger partial charge in [-0.05, 0) is 82.2 Å². The molecule has 1 saturated heterocycles. The molecule has 18 nitrogen and oxygen atoms in total. The summed E-state index contributed by atoms with van der Waals surface area (Å²) < 4.78 is 25.0. The van der Waals surface area contributed by atoms with Crippen molar-refractivity contribution in [3.63, 3.8) is 0 Å². The third-order valence-electron chi connectivity index (χ3n) is 12.0. The number of amides is 3. The van der Waals surface area contributed by atoms with E-state index >= 15 is 0 Å². The molecule has 6 aromatic rings. The van der Waals surface area contributed by atoms with Crippen LogP contribution in [0.15, 0.2) is 40.9 Å². The number of aromatic nitrogens is 6. The standard InChI is InChI=1S/C45H52N10O8/c1-5-55-36(22-32(52-55)27-11-12-27)48-41-39-29-21-35(60-4)30(38-24(2)53-63-25(38)3)20-33(29)47-40(39)50-42(51-41)44(58)46-15-17-62-19-18-61-16-7-9-26-8-6-10-28-31(26)23-54(45(28)59)34-13-14-37(56)49-43(34)57/h6,8,10,20-22,27,34,44,46,58H,5,7,9,11-19,23H2,1-4H3,(H,49,56,57)(H2,47,48,50,51). The van der Waals surface area contributed by atoms with E-state index in [4.69, 9.17) is 33.8 Å². The fourth-order valence-electron chi connectivity index (χ4n) is 8.69. The molecule has 63 heavy (non-hydrogen) atoms. The summed E-state index contributed by atoms with van der Waals surface area (Å²) in [5, 5.41) is 30.9. The molecule has 3 amide bonds. The Kier molecular flexibility index (Phi) is 11.9. The molecule has 0 spiro atoms. The van der Waals surface area contributed by atoms with Gasteiger partial charge in [0.05, 0.1) is 49.3 Å². The number of methoxy groups -OCH3 is 1. The second-order valence-electron chi connectivity index (χ2n) is 16.3. The van der Waals surface area contributed by atoms with E-state index in [2.05, 4.69) is 32.2 Å². The Morgan fingerprint density at radius 1 is 1.02 bits per heavy atom. The van der Waals surface area contributed by atoms with Gasteiger partial charge in [-0.15, -0.1) is 0 Å². The smallest absolute Gasteiger partial charge is 0.255 e. The molecule has 18 heteroatoms. The van der Waals surface area contributed by atoms with Crippen LogP contribution in [0.25, 0.3) is 33.1 Å². The minimum Gasteiger partial charge on any atom is -0.496 e. The topological polar surface area (TPSA) is 224 Å². The van der Waals surface area contributed by atoms with Crippen molar-refractivity contribution in [1.29, 1.82) is 0 Å². The molecule has 0 bridgehead atoms. The Morgan fingerprint density at radius 2 is 1.84 bits per heavy atom. The third kappa shape index (κ3) is 8.50. The molecule has 3 aliphatic rings. The zero-order valence-corrected chi connectivity index (χ0v) is 35.9. The number of hydrogen-bond donors (Lipinski definition) is 5. The zero-order valence-electron chi connectivity index (χ0n) is 35.9. The Balaban J connectivity index is 0.807. The number of aliphatic hydroxyl groups is 1. The molecule has 9 rings (SSSR count). The molecular weight excluding hydrogens is 809 g/mol. The predicted octanol–water partition coefficient (Wildman–Crippen LogP) is 5.24. The normalized spacial score (nSPS) is 16.9. The monoisotopic (exact) mass is 860 g/mol. The number of imide groups is 1. The van der Waals surface area contributed by atoms with E-state index in [1.807, 2.05) is 49.7 Å². The maximum atomic E-state index is 13.2. The average molecular weight is 861 g/mol. The number of aromatic amines is 1. The first-order valence-electron chi connectivity index (χ1n) is 21.6. The van der Waals surface area contributed by atoms with Gasteiger partial charge < -0.3 is 39.0 Å². The van der Waals surface area contributed by atoms with Gasteiger partial charge in [-0.1, -0.05) is 17.3 Å². The Bertz CT molecular complexity index is 2680. The lowest BCUT2D eigenvalue weighted by atomic mass is 10.00. The maximum absolute atomic E-state index is 13.2. The molecule has 1 saturated carbocycles. The molecule has 2 unspecified atom stereocenters. The summed E-state index contributed by atoms with van der Waals surface area (Å²) in [4.78, 5) is 52.0. The highest BCUT2D eigenvalue weighted by molar-refractivity contribution is 6.13. The first-order valence-corrected chi connectivity index (χ1v) is 21.6. The summed E-state index contributed by atoms with van der Waals surface area (Å²) in [6, 6.07) is 11.1. The van der Waals surface area contributed by atoms with Crippen LogP contribution < -0.4 is 20.7 Å². The Hall–Kier alpha value is -6.21. The van der Waals surface area contributed by atoms with Crippen LogP contribution >= 0.6 is 0 Å². The maximum Gasteiger partial charge on any atom is 0.255 e. The van der Waals surface area contributed by atoms with Crippen LogP contribution in [0.1, 0.15) is 95.6 Å². The lowest BCUT2D eigenvalue weighted by molar-refractivity contribution is -0.136. The second-order valence-corrected chi connectivity index (χ2v) is 16.3. The van der Waals surface area contributed by atoms with Crippen molar-refractivity contribution >= 4 is 51.3 Å². The van der Waals surface area contributed by atoms with E-state index < -0.39 is 18.2 Å². The number of anilines is 2. The van der Waals surface area contributed by atoms with E-state index in [1.54, 1.807) is 18.1 Å². The number of ether oxygens (including phenoxy) is 3. The van der Waals surface area contributed by atoms with Crippen molar-refractivity contribution in [1.82, 2.24) is 45.4 Å². The number of rotatable bonds is 19. The van der Waals surface area contributed by atoms with Gasteiger partial charge in [0.15, 0.2) is 12.1 Å². The minimum atomic E-state index is -1.20. The summed E-state index contributed by atoms with van der Waals surface area (Å²) in [6.07, 6.45) is 3.08. The molecule has 4 aromatic heterocycles. The van der Waals surface area contributed by atoms with Gasteiger partial charge >= 0.3 is 0 Å². The predicted molar refractivity (Wildman–Crippen MR) is 231 cm³/mol. The van der Waals surface area contributed by atoms with E-state index in [-0.39, 0.29) is 24.1 Å². The quantitative estimate of drug-likeness (QED) is 0.0400. The first-order chi connectivity index (χ1) is 30.6. The van der Waals surface area contributed by atoms with E-state index in [9.17, 15) is 19.5 Å². The number of aliphatic hydroxyl groups excluding tert-OH is 1. The van der Waals surface area contributed by atoms with Gasteiger partial charge in [0, 0.05) is 66.7 Å². The number of benzene rings is 2. The fraction of sp³-hybridized carbons (Fsp3) is 0.444. The van der Waals surface area contributed by atoms with Crippen LogP contribution in [0, 0.1) is 13.8 Å². The van der Waals surface area contributed by atoms with Crippen molar-refractivity contribution in [3.8, 4) is 16.9 Å². The highest BCUT2D eigenvalue weighted by Gasteiger charge is 2.39.